The molecular formula is C59H89NO21. The molecule has 81 heavy (non-hydrogen) atoms. The van der Waals surface area contributed by atoms with Gasteiger partial charge in [0.25, 0.3) is 11.7 Å². The Bertz CT molecular complexity index is 2230. The van der Waals surface area contributed by atoms with Gasteiger partial charge in [0.1, 0.15) is 43.4 Å². The Kier molecular flexibility index (Phi) is 27.8. The van der Waals surface area contributed by atoms with E-state index in [-0.39, 0.29) is 88.9 Å². The Hall–Kier alpha value is -5.39. The van der Waals surface area contributed by atoms with E-state index >= 15 is 0 Å². The number of Topliss-reactive ketones (excluding diaryl/α,β-unsaturated/α-hetero) is 2. The van der Waals surface area contributed by atoms with Gasteiger partial charge in [0, 0.05) is 72.3 Å². The average molecular weight is 1150 g/mol. The first-order valence-corrected chi connectivity index (χ1v) is 28.4. The van der Waals surface area contributed by atoms with Crippen molar-refractivity contribution in [1.29, 1.82) is 0 Å². The van der Waals surface area contributed by atoms with Crippen molar-refractivity contribution in [2.75, 3.05) is 47.7 Å². The summed E-state index contributed by atoms with van der Waals surface area (Å²) in [7, 11) is 4.50. The number of rotatable bonds is 20. The van der Waals surface area contributed by atoms with Crippen molar-refractivity contribution in [1.82, 2.24) is 4.90 Å². The van der Waals surface area contributed by atoms with E-state index in [4.69, 9.17) is 47.4 Å². The largest absolute Gasteiger partial charge is 0.466 e. The number of methoxy groups -OCH3 is 3. The highest BCUT2D eigenvalue weighted by Crippen LogP contribution is 2.39. The number of carbonyl (C=O) groups is 9. The van der Waals surface area contributed by atoms with Crippen LogP contribution in [0, 0.1) is 29.6 Å². The number of aliphatic hydroxyl groups is 2. The molecule has 2 N–H and O–H groups in total. The van der Waals surface area contributed by atoms with Gasteiger partial charge in [-0.2, -0.15) is 0 Å². The highest BCUT2D eigenvalue weighted by Gasteiger charge is 2.57. The minimum absolute atomic E-state index is 0.0197. The minimum atomic E-state index is -2.58. The molecule has 1 amide bonds. The van der Waals surface area contributed by atoms with E-state index in [1.807, 2.05) is 26.0 Å². The summed E-state index contributed by atoms with van der Waals surface area (Å²) < 4.78 is 56.1. The Morgan fingerprint density at radius 2 is 1.44 bits per heavy atom. The van der Waals surface area contributed by atoms with Crippen LogP contribution in [0.2, 0.25) is 0 Å². The van der Waals surface area contributed by atoms with Crippen LogP contribution in [0.4, 0.5) is 0 Å². The molecule has 2 bridgehead atoms. The predicted molar refractivity (Wildman–Crippen MR) is 289 cm³/mol. The van der Waals surface area contributed by atoms with Gasteiger partial charge in [-0.25, -0.2) is 4.79 Å². The normalized spacial score (nSPS) is 32.0. The Morgan fingerprint density at radius 1 is 0.802 bits per heavy atom. The van der Waals surface area contributed by atoms with Gasteiger partial charge in [-0.15, -0.1) is 6.58 Å². The summed E-state index contributed by atoms with van der Waals surface area (Å²) in [5.74, 6) is -11.9. The highest BCUT2D eigenvalue weighted by atomic mass is 16.7. The van der Waals surface area contributed by atoms with Gasteiger partial charge in [0.05, 0.1) is 43.9 Å². The lowest BCUT2D eigenvalue weighted by molar-refractivity contribution is -0.302. The lowest BCUT2D eigenvalue weighted by atomic mass is 9.81. The van der Waals surface area contributed by atoms with Gasteiger partial charge in [0.15, 0.2) is 6.10 Å². The summed E-state index contributed by atoms with van der Waals surface area (Å²) in [6, 6.07) is -1.24. The summed E-state index contributed by atoms with van der Waals surface area (Å²) in [6.07, 6.45) is 1.50. The van der Waals surface area contributed by atoms with Gasteiger partial charge in [-0.3, -0.25) is 38.4 Å². The maximum absolute atomic E-state index is 14.6. The fourth-order valence-electron chi connectivity index (χ4n) is 11.2. The van der Waals surface area contributed by atoms with Gasteiger partial charge in [0.2, 0.25) is 5.79 Å². The molecule has 0 aromatic carbocycles. The number of carbonyl (C=O) groups excluding carboxylic acids is 9. The van der Waals surface area contributed by atoms with Crippen molar-refractivity contribution in [3.05, 3.63) is 36.0 Å². The standard InChI is InChI=1S/C59H89NO21/c1-12-16-42-26-34(2)25-35(3)27-49(73-10)55-50(74-11)29-37(5)59(71,81-55)56(68)57(69)60-23-14-13-17-44(60)58(70)80-54(38(6)45(63)31-46(42)64)36(4)28-41-19-20-47(48(30-41)72-9)79-52(66)18-15-24-75-51(65)21-22-53(67)78-43(32-76-39(7)61)33-77-40(8)62/h12,26,28,35,37-38,41-45,47-50,54-55,63,71H,1,13-25,27,29-33H2,2-11H3/b34-26+,36-28+/t35-,37+,38+,41?,42+,44-,45-,47+,48+,49-,50-,54+,55+,59+/m0/s1. The van der Waals surface area contributed by atoms with Gasteiger partial charge in [-0.05, 0) is 102 Å². The fourth-order valence-corrected chi connectivity index (χ4v) is 11.2. The molecule has 22 heteroatoms. The first-order chi connectivity index (χ1) is 38.3. The van der Waals surface area contributed by atoms with Crippen molar-refractivity contribution in [3.63, 3.8) is 0 Å². The number of ether oxygens (including phenoxy) is 10. The molecular weight excluding hydrogens is 1060 g/mol. The summed E-state index contributed by atoms with van der Waals surface area (Å²) in [6.45, 7) is 14.4. The number of aliphatic hydroxyl groups excluding tert-OH is 1. The predicted octanol–water partition coefficient (Wildman–Crippen LogP) is 5.33. The quantitative estimate of drug-likeness (QED) is 0.0512. The van der Waals surface area contributed by atoms with E-state index in [2.05, 4.69) is 6.58 Å². The number of amides is 1. The molecule has 1 saturated carbocycles. The van der Waals surface area contributed by atoms with Crippen molar-refractivity contribution < 1.29 is 101 Å². The van der Waals surface area contributed by atoms with E-state index in [0.717, 1.165) is 24.3 Å². The smallest absolute Gasteiger partial charge is 0.329 e. The number of ketones is 2. The van der Waals surface area contributed by atoms with E-state index in [1.165, 1.54) is 21.3 Å². The first-order valence-electron chi connectivity index (χ1n) is 28.4. The molecule has 1 unspecified atom stereocenters. The molecule has 3 fully saturated rings. The Labute approximate surface area is 476 Å². The summed E-state index contributed by atoms with van der Waals surface area (Å²) in [4.78, 5) is 119. The summed E-state index contributed by atoms with van der Waals surface area (Å²) in [5.41, 5.74) is 1.46. The topological polar surface area (TPSA) is 290 Å². The van der Waals surface area contributed by atoms with Crippen LogP contribution in [0.5, 0.6) is 0 Å². The van der Waals surface area contributed by atoms with Gasteiger partial charge >= 0.3 is 35.8 Å². The van der Waals surface area contributed by atoms with Crippen LogP contribution in [0.1, 0.15) is 145 Å². The monoisotopic (exact) mass is 1150 g/mol. The van der Waals surface area contributed by atoms with Crippen LogP contribution >= 0.6 is 0 Å². The van der Waals surface area contributed by atoms with E-state index in [1.54, 1.807) is 26.8 Å². The van der Waals surface area contributed by atoms with Crippen molar-refractivity contribution in [3.8, 4) is 0 Å². The fraction of sp³-hybridized carbons (Fsp3) is 0.746. The SMILES string of the molecule is C=CC[C@@H]1/C=C(\C)C[C@H](C)C[C@H](OC)[C@H]2O[C@@](O)(C(=O)C(=O)N3CCCC[C@H]3C(=O)O[C@H](/C(C)=C/C3CC[C@@H](OC(=O)CCCOC(=O)CCC(=O)OC(COC(C)=O)COC(C)=O)[C@H](OC)C3)[C@H](C)[C@@H](O)CC1=O)[C@H](C)C[C@@H]2OC. The first kappa shape index (κ1) is 68.1. The van der Waals surface area contributed by atoms with Crippen LogP contribution in [0.3, 0.4) is 0 Å². The molecule has 0 radical (unpaired) electrons. The van der Waals surface area contributed by atoms with E-state index < -0.39 is 126 Å². The lowest BCUT2D eigenvalue weighted by Crippen LogP contribution is -2.64. The Balaban J connectivity index is 1.49. The lowest BCUT2D eigenvalue weighted by Gasteiger charge is -2.47. The van der Waals surface area contributed by atoms with Crippen LogP contribution in [-0.4, -0.2) is 177 Å². The zero-order valence-electron chi connectivity index (χ0n) is 49.1. The van der Waals surface area contributed by atoms with Crippen molar-refractivity contribution in [2.24, 2.45) is 29.6 Å². The zero-order valence-corrected chi connectivity index (χ0v) is 49.1. The number of fused-ring (bicyclic) bond motifs is 3. The number of piperidine rings is 1. The minimum Gasteiger partial charge on any atom is -0.466 e. The maximum atomic E-state index is 14.6. The number of esters is 6. The second kappa shape index (κ2) is 33.0. The summed E-state index contributed by atoms with van der Waals surface area (Å²) >= 11 is 0. The number of allylic oxidation sites excluding steroid dienone is 4. The number of hydrogen-bond donors (Lipinski definition) is 2. The number of nitrogens with zero attached hydrogens (tertiary/aromatic N) is 1. The maximum Gasteiger partial charge on any atom is 0.329 e. The number of cyclic esters (lactones) is 1. The highest BCUT2D eigenvalue weighted by molar-refractivity contribution is 6.39. The van der Waals surface area contributed by atoms with Crippen LogP contribution in [0.25, 0.3) is 0 Å². The molecule has 22 nitrogen and oxygen atoms in total. The molecule has 0 spiro atoms. The third-order valence-electron chi connectivity index (χ3n) is 15.7. The van der Waals surface area contributed by atoms with E-state index in [9.17, 15) is 53.4 Å². The molecule has 3 aliphatic heterocycles. The Morgan fingerprint density at radius 3 is 2.07 bits per heavy atom. The third kappa shape index (κ3) is 20.5. The van der Waals surface area contributed by atoms with Gasteiger partial charge < -0.3 is 62.5 Å². The third-order valence-corrected chi connectivity index (χ3v) is 15.7. The molecule has 0 aromatic heterocycles. The van der Waals surface area contributed by atoms with E-state index in [0.29, 0.717) is 56.9 Å². The second-order valence-corrected chi connectivity index (χ2v) is 22.3. The molecule has 1 aliphatic carbocycles. The molecule has 4 aliphatic rings. The van der Waals surface area contributed by atoms with Gasteiger partial charge in [-0.1, -0.05) is 44.6 Å². The molecule has 2 saturated heterocycles. The number of hydrogen-bond acceptors (Lipinski definition) is 21. The average Bonchev–Trinajstić information content (AvgIpc) is 3.44. The molecule has 456 valence electrons. The van der Waals surface area contributed by atoms with Crippen LogP contribution in [0.15, 0.2) is 36.0 Å². The zero-order chi connectivity index (χ0) is 60.1. The summed E-state index contributed by atoms with van der Waals surface area (Å²) in [5, 5.41) is 24.1. The van der Waals surface area contributed by atoms with Crippen molar-refractivity contribution in [2.45, 2.75) is 205 Å². The van der Waals surface area contributed by atoms with Crippen LogP contribution < -0.4 is 0 Å². The molecule has 0 aromatic rings. The molecule has 3 heterocycles. The second-order valence-electron chi connectivity index (χ2n) is 22.3. The van der Waals surface area contributed by atoms with Crippen LogP contribution in [-0.2, 0) is 90.5 Å². The molecule has 14 atom stereocenters. The van der Waals surface area contributed by atoms with Crippen molar-refractivity contribution >= 4 is 53.3 Å². The molecule has 4 rings (SSSR count).